The predicted octanol–water partition coefficient (Wildman–Crippen LogP) is 5.46. The second-order valence-electron chi connectivity index (χ2n) is 5.86. The third-order valence-corrected chi connectivity index (χ3v) is 4.21. The summed E-state index contributed by atoms with van der Waals surface area (Å²) in [6.45, 7) is 2.61. The molecule has 2 heterocycles. The minimum atomic E-state index is 0.551. The van der Waals surface area contributed by atoms with Crippen LogP contribution in [0.15, 0.2) is 65.3 Å². The van der Waals surface area contributed by atoms with Crippen molar-refractivity contribution in [2.24, 2.45) is 0 Å². The number of benzene rings is 2. The summed E-state index contributed by atoms with van der Waals surface area (Å²) in [6, 6.07) is 17.6. The maximum atomic E-state index is 6.15. The van der Waals surface area contributed by atoms with E-state index in [0.717, 1.165) is 28.0 Å². The van der Waals surface area contributed by atoms with Gasteiger partial charge in [-0.05, 0) is 37.3 Å². The van der Waals surface area contributed by atoms with Gasteiger partial charge in [0.15, 0.2) is 5.82 Å². The summed E-state index contributed by atoms with van der Waals surface area (Å²) < 4.78 is 5.39. The molecule has 0 aliphatic carbocycles. The fourth-order valence-corrected chi connectivity index (χ4v) is 2.82. The fraction of sp³-hybridized carbons (Fsp3) is 0.100. The van der Waals surface area contributed by atoms with Crippen molar-refractivity contribution >= 4 is 28.3 Å². The Morgan fingerprint density at radius 3 is 2.64 bits per heavy atom. The zero-order valence-electron chi connectivity index (χ0n) is 13.7. The van der Waals surface area contributed by atoms with Crippen LogP contribution in [0, 0.1) is 6.92 Å². The van der Waals surface area contributed by atoms with Gasteiger partial charge in [-0.25, -0.2) is 9.97 Å². The van der Waals surface area contributed by atoms with E-state index in [1.165, 1.54) is 5.56 Å². The summed E-state index contributed by atoms with van der Waals surface area (Å²) in [4.78, 5) is 9.41. The lowest BCUT2D eigenvalue weighted by atomic mass is 10.1. The Morgan fingerprint density at radius 1 is 1.04 bits per heavy atom. The van der Waals surface area contributed by atoms with Crippen LogP contribution in [-0.2, 0) is 6.54 Å². The highest BCUT2D eigenvalue weighted by Gasteiger charge is 2.10. The number of nitrogens with zero attached hydrogens (tertiary/aromatic N) is 2. The molecule has 0 aliphatic heterocycles. The Balaban J connectivity index is 1.79. The molecule has 4 aromatic rings. The average molecular weight is 350 g/mol. The Morgan fingerprint density at radius 2 is 1.88 bits per heavy atom. The van der Waals surface area contributed by atoms with Gasteiger partial charge in [0.2, 0.25) is 0 Å². The molecular formula is C20H16ClN3O. The molecule has 4 rings (SSSR count). The minimum Gasteiger partial charge on any atom is -0.467 e. The zero-order valence-corrected chi connectivity index (χ0v) is 14.4. The van der Waals surface area contributed by atoms with Gasteiger partial charge < -0.3 is 9.73 Å². The Bertz CT molecular complexity index is 1010. The van der Waals surface area contributed by atoms with E-state index in [1.807, 2.05) is 42.5 Å². The average Bonchev–Trinajstić information content (AvgIpc) is 3.13. The van der Waals surface area contributed by atoms with Crippen LogP contribution in [-0.4, -0.2) is 9.97 Å². The highest BCUT2D eigenvalue weighted by molar-refractivity contribution is 6.31. The summed E-state index contributed by atoms with van der Waals surface area (Å²) >= 11 is 6.15. The quantitative estimate of drug-likeness (QED) is 0.531. The van der Waals surface area contributed by atoms with Crippen molar-refractivity contribution in [3.8, 4) is 11.4 Å². The minimum absolute atomic E-state index is 0.551. The van der Waals surface area contributed by atoms with E-state index in [-0.39, 0.29) is 0 Å². The summed E-state index contributed by atoms with van der Waals surface area (Å²) in [7, 11) is 0. The van der Waals surface area contributed by atoms with E-state index in [9.17, 15) is 0 Å². The summed E-state index contributed by atoms with van der Waals surface area (Å²) in [6.07, 6.45) is 1.66. The molecule has 0 radical (unpaired) electrons. The first-order valence-corrected chi connectivity index (χ1v) is 8.37. The molecule has 0 amide bonds. The molecule has 0 aliphatic rings. The standard InChI is InChI=1S/C20H16ClN3O/c1-13-4-6-14(7-5-13)19-23-18-11-15(21)8-9-17(18)20(24-19)22-12-16-3-2-10-25-16/h2-11H,12H2,1H3,(H,22,23,24). The van der Waals surface area contributed by atoms with Crippen molar-refractivity contribution < 1.29 is 4.42 Å². The molecule has 25 heavy (non-hydrogen) atoms. The van der Waals surface area contributed by atoms with Gasteiger partial charge in [-0.2, -0.15) is 0 Å². The second kappa shape index (κ2) is 6.57. The Hall–Kier alpha value is -2.85. The molecule has 4 nitrogen and oxygen atoms in total. The van der Waals surface area contributed by atoms with Gasteiger partial charge in [0.25, 0.3) is 0 Å². The third kappa shape index (κ3) is 3.35. The molecule has 5 heteroatoms. The van der Waals surface area contributed by atoms with Gasteiger partial charge in [0.1, 0.15) is 11.6 Å². The number of aryl methyl sites for hydroxylation is 1. The van der Waals surface area contributed by atoms with Crippen LogP contribution in [0.2, 0.25) is 5.02 Å². The highest BCUT2D eigenvalue weighted by Crippen LogP contribution is 2.27. The maximum absolute atomic E-state index is 6.15. The zero-order chi connectivity index (χ0) is 17.2. The number of nitrogens with one attached hydrogen (secondary N) is 1. The summed E-state index contributed by atoms with van der Waals surface area (Å²) in [5.41, 5.74) is 2.97. The molecule has 124 valence electrons. The van der Waals surface area contributed by atoms with Crippen LogP contribution in [0.5, 0.6) is 0 Å². The lowest BCUT2D eigenvalue weighted by Crippen LogP contribution is -2.03. The van der Waals surface area contributed by atoms with Gasteiger partial charge in [0.05, 0.1) is 18.3 Å². The topological polar surface area (TPSA) is 51.0 Å². The fourth-order valence-electron chi connectivity index (χ4n) is 2.65. The largest absolute Gasteiger partial charge is 0.467 e. The number of fused-ring (bicyclic) bond motifs is 1. The first kappa shape index (κ1) is 15.7. The van der Waals surface area contributed by atoms with Crippen molar-refractivity contribution in [3.05, 3.63) is 77.2 Å². The molecule has 2 aromatic heterocycles. The van der Waals surface area contributed by atoms with Crippen molar-refractivity contribution in [1.29, 1.82) is 0 Å². The third-order valence-electron chi connectivity index (χ3n) is 3.98. The Kier molecular flexibility index (Phi) is 4.12. The lowest BCUT2D eigenvalue weighted by molar-refractivity contribution is 0.518. The lowest BCUT2D eigenvalue weighted by Gasteiger charge is -2.11. The second-order valence-corrected chi connectivity index (χ2v) is 6.29. The number of hydrogen-bond acceptors (Lipinski definition) is 4. The van der Waals surface area contributed by atoms with Gasteiger partial charge >= 0.3 is 0 Å². The monoisotopic (exact) mass is 349 g/mol. The van der Waals surface area contributed by atoms with Crippen molar-refractivity contribution in [1.82, 2.24) is 9.97 Å². The molecule has 0 fully saturated rings. The van der Waals surface area contributed by atoms with Crippen molar-refractivity contribution in [3.63, 3.8) is 0 Å². The normalized spacial score (nSPS) is 11.0. The van der Waals surface area contributed by atoms with E-state index < -0.39 is 0 Å². The first-order valence-electron chi connectivity index (χ1n) is 8.00. The van der Waals surface area contributed by atoms with Crippen LogP contribution < -0.4 is 5.32 Å². The van der Waals surface area contributed by atoms with E-state index in [4.69, 9.17) is 21.0 Å². The molecule has 2 aromatic carbocycles. The molecule has 0 atom stereocenters. The van der Waals surface area contributed by atoms with Crippen LogP contribution in [0.25, 0.3) is 22.3 Å². The smallest absolute Gasteiger partial charge is 0.162 e. The number of anilines is 1. The first-order chi connectivity index (χ1) is 12.2. The number of aromatic nitrogens is 2. The van der Waals surface area contributed by atoms with Gasteiger partial charge in [-0.3, -0.25) is 0 Å². The van der Waals surface area contributed by atoms with Crippen LogP contribution in [0.3, 0.4) is 0 Å². The van der Waals surface area contributed by atoms with Crippen LogP contribution >= 0.6 is 11.6 Å². The maximum Gasteiger partial charge on any atom is 0.162 e. The molecule has 0 unspecified atom stereocenters. The molecular weight excluding hydrogens is 334 g/mol. The molecule has 0 saturated heterocycles. The summed E-state index contributed by atoms with van der Waals surface area (Å²) in [5.74, 6) is 2.27. The van der Waals surface area contributed by atoms with E-state index in [2.05, 4.69) is 29.4 Å². The molecule has 1 N–H and O–H groups in total. The Labute approximate surface area is 150 Å². The highest BCUT2D eigenvalue weighted by atomic mass is 35.5. The SMILES string of the molecule is Cc1ccc(-c2nc(NCc3ccco3)c3ccc(Cl)cc3n2)cc1. The van der Waals surface area contributed by atoms with Crippen molar-refractivity contribution in [2.75, 3.05) is 5.32 Å². The van der Waals surface area contributed by atoms with Gasteiger partial charge in [0, 0.05) is 16.0 Å². The van der Waals surface area contributed by atoms with Crippen LogP contribution in [0.1, 0.15) is 11.3 Å². The molecule has 0 saturated carbocycles. The predicted molar refractivity (Wildman–Crippen MR) is 101 cm³/mol. The molecule has 0 bridgehead atoms. The van der Waals surface area contributed by atoms with E-state index in [1.54, 1.807) is 6.26 Å². The van der Waals surface area contributed by atoms with Gasteiger partial charge in [-0.15, -0.1) is 0 Å². The number of furan rings is 1. The number of halogens is 1. The van der Waals surface area contributed by atoms with Crippen molar-refractivity contribution in [2.45, 2.75) is 13.5 Å². The van der Waals surface area contributed by atoms with Gasteiger partial charge in [-0.1, -0.05) is 41.4 Å². The number of rotatable bonds is 4. The summed E-state index contributed by atoms with van der Waals surface area (Å²) in [5, 5.41) is 4.92. The van der Waals surface area contributed by atoms with E-state index >= 15 is 0 Å². The number of hydrogen-bond donors (Lipinski definition) is 1. The van der Waals surface area contributed by atoms with E-state index in [0.29, 0.717) is 17.4 Å². The molecule has 0 spiro atoms. The van der Waals surface area contributed by atoms with Crippen LogP contribution in [0.4, 0.5) is 5.82 Å².